The second-order valence-corrected chi connectivity index (χ2v) is 4.55. The number of anilines is 1. The van der Waals surface area contributed by atoms with E-state index < -0.39 is 23.4 Å². The summed E-state index contributed by atoms with van der Waals surface area (Å²) in [4.78, 5) is 10.4. The zero-order valence-corrected chi connectivity index (χ0v) is 10.4. The molecule has 0 aromatic heterocycles. The molecule has 0 bridgehead atoms. The summed E-state index contributed by atoms with van der Waals surface area (Å²) in [5.41, 5.74) is 1.16. The van der Waals surface area contributed by atoms with Crippen LogP contribution in [0.2, 0.25) is 0 Å². The molecule has 1 aromatic carbocycles. The van der Waals surface area contributed by atoms with E-state index in [4.69, 9.17) is 9.84 Å². The number of aliphatic hydroxyl groups is 2. The summed E-state index contributed by atoms with van der Waals surface area (Å²) in [7, 11) is 0. The van der Waals surface area contributed by atoms with Crippen molar-refractivity contribution in [3.8, 4) is 0 Å². The molecule has 0 saturated carbocycles. The molecule has 0 radical (unpaired) electrons. The normalized spacial score (nSPS) is 26.4. The van der Waals surface area contributed by atoms with Crippen LogP contribution in [-0.2, 0) is 4.74 Å². The van der Waals surface area contributed by atoms with Crippen LogP contribution in [-0.4, -0.2) is 40.2 Å². The second-order valence-electron chi connectivity index (χ2n) is 4.55. The van der Waals surface area contributed by atoms with Gasteiger partial charge in [0.2, 0.25) is 0 Å². The van der Waals surface area contributed by atoms with E-state index in [1.54, 1.807) is 19.1 Å². The first-order chi connectivity index (χ1) is 9.01. The highest BCUT2D eigenvalue weighted by atomic mass is 16.6. The van der Waals surface area contributed by atoms with E-state index in [2.05, 4.69) is 5.32 Å². The molecule has 104 valence electrons. The number of hydrogen-bond acceptors (Lipinski definition) is 6. The van der Waals surface area contributed by atoms with Crippen molar-refractivity contribution < 1.29 is 19.9 Å². The molecule has 0 aliphatic carbocycles. The van der Waals surface area contributed by atoms with Gasteiger partial charge in [-0.3, -0.25) is 10.1 Å². The fraction of sp³-hybridized carbons (Fsp3) is 0.500. The maximum Gasteiger partial charge on any atom is 0.274 e. The standard InChI is InChI=1S/C12H16N2O5/c1-7-2-3-8(4-9(7)14(17)18)13-12-5-10(16)11(6-15)19-12/h2-4,10-13,15-16H,5-6H2,1H3/t10-,11-,12+/m0/s1. The van der Waals surface area contributed by atoms with Crippen molar-refractivity contribution >= 4 is 11.4 Å². The van der Waals surface area contributed by atoms with E-state index in [1.165, 1.54) is 6.07 Å². The molecule has 3 N–H and O–H groups in total. The molecule has 0 unspecified atom stereocenters. The maximum absolute atomic E-state index is 10.8. The molecular formula is C12H16N2O5. The van der Waals surface area contributed by atoms with Gasteiger partial charge in [-0.25, -0.2) is 0 Å². The number of ether oxygens (including phenoxy) is 1. The molecule has 1 aromatic rings. The summed E-state index contributed by atoms with van der Waals surface area (Å²) < 4.78 is 5.38. The van der Waals surface area contributed by atoms with Gasteiger partial charge < -0.3 is 20.3 Å². The average molecular weight is 268 g/mol. The van der Waals surface area contributed by atoms with E-state index in [9.17, 15) is 15.2 Å². The lowest BCUT2D eigenvalue weighted by atomic mass is 10.1. The Bertz CT molecular complexity index is 479. The minimum Gasteiger partial charge on any atom is -0.394 e. The van der Waals surface area contributed by atoms with Crippen molar-refractivity contribution in [2.24, 2.45) is 0 Å². The number of nitrogens with zero attached hydrogens (tertiary/aromatic N) is 1. The Kier molecular flexibility index (Phi) is 3.98. The summed E-state index contributed by atoms with van der Waals surface area (Å²) >= 11 is 0. The van der Waals surface area contributed by atoms with E-state index in [1.807, 2.05) is 0 Å². The zero-order valence-electron chi connectivity index (χ0n) is 10.4. The van der Waals surface area contributed by atoms with Crippen LogP contribution in [0.1, 0.15) is 12.0 Å². The third-order valence-electron chi connectivity index (χ3n) is 3.14. The fourth-order valence-electron chi connectivity index (χ4n) is 2.07. The lowest BCUT2D eigenvalue weighted by Gasteiger charge is -2.15. The second kappa shape index (κ2) is 5.52. The molecule has 1 aliphatic rings. The van der Waals surface area contributed by atoms with Gasteiger partial charge in [-0.2, -0.15) is 0 Å². The molecular weight excluding hydrogens is 252 g/mol. The van der Waals surface area contributed by atoms with Crippen molar-refractivity contribution in [3.05, 3.63) is 33.9 Å². The monoisotopic (exact) mass is 268 g/mol. The van der Waals surface area contributed by atoms with E-state index in [0.717, 1.165) is 0 Å². The molecule has 3 atom stereocenters. The number of aliphatic hydroxyl groups excluding tert-OH is 2. The lowest BCUT2D eigenvalue weighted by molar-refractivity contribution is -0.385. The summed E-state index contributed by atoms with van der Waals surface area (Å²) in [6.45, 7) is 1.41. The number of rotatable bonds is 4. The Morgan fingerprint density at radius 2 is 2.32 bits per heavy atom. The van der Waals surface area contributed by atoms with Crippen molar-refractivity contribution in [1.82, 2.24) is 0 Å². The Morgan fingerprint density at radius 3 is 2.89 bits per heavy atom. The van der Waals surface area contributed by atoms with Crippen LogP contribution in [0.25, 0.3) is 0 Å². The quantitative estimate of drug-likeness (QED) is 0.550. The van der Waals surface area contributed by atoms with E-state index in [-0.39, 0.29) is 12.3 Å². The molecule has 19 heavy (non-hydrogen) atoms. The predicted octanol–water partition coefficient (Wildman–Crippen LogP) is 0.783. The van der Waals surface area contributed by atoms with Crippen LogP contribution in [0.5, 0.6) is 0 Å². The minimum atomic E-state index is -0.733. The third kappa shape index (κ3) is 3.01. The number of hydrogen-bond donors (Lipinski definition) is 3. The van der Waals surface area contributed by atoms with Gasteiger partial charge in [0.25, 0.3) is 5.69 Å². The van der Waals surface area contributed by atoms with Crippen molar-refractivity contribution in [2.45, 2.75) is 31.8 Å². The Balaban J connectivity index is 2.08. The van der Waals surface area contributed by atoms with Crippen LogP contribution in [0, 0.1) is 17.0 Å². The first-order valence-corrected chi connectivity index (χ1v) is 5.97. The minimum absolute atomic E-state index is 0.0299. The van der Waals surface area contributed by atoms with Crippen LogP contribution >= 0.6 is 0 Å². The first kappa shape index (κ1) is 13.7. The topological polar surface area (TPSA) is 105 Å². The van der Waals surface area contributed by atoms with Crippen LogP contribution < -0.4 is 5.32 Å². The van der Waals surface area contributed by atoms with E-state index >= 15 is 0 Å². The van der Waals surface area contributed by atoms with Crippen LogP contribution in [0.15, 0.2) is 18.2 Å². The Morgan fingerprint density at radius 1 is 1.58 bits per heavy atom. The summed E-state index contributed by atoms with van der Waals surface area (Å²) in [6, 6.07) is 4.79. The number of nitro benzene ring substituents is 1. The molecule has 1 aliphatic heterocycles. The maximum atomic E-state index is 10.8. The zero-order chi connectivity index (χ0) is 14.0. The van der Waals surface area contributed by atoms with Crippen LogP contribution in [0.4, 0.5) is 11.4 Å². The van der Waals surface area contributed by atoms with Crippen molar-refractivity contribution in [2.75, 3.05) is 11.9 Å². The predicted molar refractivity (Wildman–Crippen MR) is 67.8 cm³/mol. The first-order valence-electron chi connectivity index (χ1n) is 5.97. The smallest absolute Gasteiger partial charge is 0.274 e. The largest absolute Gasteiger partial charge is 0.394 e. The lowest BCUT2D eigenvalue weighted by Crippen LogP contribution is -2.25. The average Bonchev–Trinajstić information content (AvgIpc) is 2.71. The van der Waals surface area contributed by atoms with Gasteiger partial charge in [0.05, 0.1) is 17.6 Å². The van der Waals surface area contributed by atoms with Gasteiger partial charge in [-0.05, 0) is 13.0 Å². The molecule has 7 nitrogen and oxygen atoms in total. The molecule has 1 saturated heterocycles. The molecule has 7 heteroatoms. The van der Waals surface area contributed by atoms with Gasteiger partial charge in [0.15, 0.2) is 0 Å². The molecule has 0 amide bonds. The van der Waals surface area contributed by atoms with Crippen molar-refractivity contribution in [1.29, 1.82) is 0 Å². The fourth-order valence-corrected chi connectivity index (χ4v) is 2.07. The number of benzene rings is 1. The van der Waals surface area contributed by atoms with Gasteiger partial charge in [0.1, 0.15) is 12.3 Å². The summed E-state index contributed by atoms with van der Waals surface area (Å²) in [5, 5.41) is 32.4. The summed E-state index contributed by atoms with van der Waals surface area (Å²) in [5.74, 6) is 0. The highest BCUT2D eigenvalue weighted by Crippen LogP contribution is 2.26. The molecule has 2 rings (SSSR count). The highest BCUT2D eigenvalue weighted by Gasteiger charge is 2.33. The van der Waals surface area contributed by atoms with Crippen LogP contribution in [0.3, 0.4) is 0 Å². The number of nitro groups is 1. The highest BCUT2D eigenvalue weighted by molar-refractivity contribution is 5.55. The Hall–Kier alpha value is -1.70. The van der Waals surface area contributed by atoms with Gasteiger partial charge in [0, 0.05) is 23.7 Å². The number of aryl methyl sites for hydroxylation is 1. The van der Waals surface area contributed by atoms with E-state index in [0.29, 0.717) is 17.7 Å². The number of nitrogens with one attached hydrogen (secondary N) is 1. The third-order valence-corrected chi connectivity index (χ3v) is 3.14. The van der Waals surface area contributed by atoms with Gasteiger partial charge in [-0.1, -0.05) is 6.07 Å². The molecule has 1 heterocycles. The van der Waals surface area contributed by atoms with Crippen molar-refractivity contribution in [3.63, 3.8) is 0 Å². The summed E-state index contributed by atoms with van der Waals surface area (Å²) in [6.07, 6.45) is -1.48. The molecule has 1 fully saturated rings. The van der Waals surface area contributed by atoms with Gasteiger partial charge >= 0.3 is 0 Å². The SMILES string of the molecule is Cc1ccc(N[C@H]2C[C@H](O)[C@H](CO)O2)cc1[N+](=O)[O-]. The molecule has 0 spiro atoms. The van der Waals surface area contributed by atoms with Gasteiger partial charge in [-0.15, -0.1) is 0 Å². The Labute approximate surface area is 110 Å².